The predicted molar refractivity (Wildman–Crippen MR) is 58.7 cm³/mol. The molecule has 1 unspecified atom stereocenters. The molecule has 1 aromatic heterocycles. The van der Waals surface area contributed by atoms with Gasteiger partial charge in [-0.05, 0) is 26.2 Å². The van der Waals surface area contributed by atoms with Crippen molar-refractivity contribution in [1.82, 2.24) is 4.98 Å². The summed E-state index contributed by atoms with van der Waals surface area (Å²) in [4.78, 5) is 5.96. The highest BCUT2D eigenvalue weighted by Crippen LogP contribution is 2.39. The fourth-order valence-electron chi connectivity index (χ4n) is 2.06. The van der Waals surface area contributed by atoms with Crippen LogP contribution in [-0.4, -0.2) is 10.1 Å². The Morgan fingerprint density at radius 2 is 2.21 bits per heavy atom. The first-order valence-corrected chi connectivity index (χ1v) is 6.00. The molecule has 0 amide bonds. The van der Waals surface area contributed by atoms with Crippen LogP contribution in [0.4, 0.5) is 0 Å². The van der Waals surface area contributed by atoms with Crippen molar-refractivity contribution in [2.45, 2.75) is 51.6 Å². The van der Waals surface area contributed by atoms with E-state index in [1.54, 1.807) is 18.3 Å². The average molecular weight is 211 g/mol. The van der Waals surface area contributed by atoms with Crippen LogP contribution in [0.5, 0.6) is 0 Å². The molecule has 0 fully saturated rings. The van der Waals surface area contributed by atoms with Crippen molar-refractivity contribution in [1.29, 1.82) is 0 Å². The van der Waals surface area contributed by atoms with Crippen molar-refractivity contribution in [3.8, 4) is 0 Å². The van der Waals surface area contributed by atoms with Crippen LogP contribution in [0.2, 0.25) is 0 Å². The summed E-state index contributed by atoms with van der Waals surface area (Å²) >= 11 is 1.68. The lowest BCUT2D eigenvalue weighted by molar-refractivity contribution is 0.198. The molecule has 0 bridgehead atoms. The number of hydrogen-bond donors (Lipinski definition) is 1. The van der Waals surface area contributed by atoms with Crippen LogP contribution in [0.25, 0.3) is 0 Å². The highest BCUT2D eigenvalue weighted by Gasteiger charge is 2.31. The molecule has 0 aromatic carbocycles. The normalized spacial score (nSPS) is 21.7. The molecule has 14 heavy (non-hydrogen) atoms. The van der Waals surface area contributed by atoms with Gasteiger partial charge in [0.1, 0.15) is 11.1 Å². The summed E-state index contributed by atoms with van der Waals surface area (Å²) < 4.78 is 0. The van der Waals surface area contributed by atoms with E-state index in [1.807, 2.05) is 0 Å². The maximum absolute atomic E-state index is 9.49. The Bertz CT molecular complexity index is 341. The van der Waals surface area contributed by atoms with E-state index in [-0.39, 0.29) is 5.41 Å². The van der Waals surface area contributed by atoms with E-state index in [2.05, 4.69) is 18.8 Å². The van der Waals surface area contributed by atoms with Gasteiger partial charge in [-0.1, -0.05) is 13.8 Å². The van der Waals surface area contributed by atoms with E-state index in [9.17, 15) is 5.11 Å². The van der Waals surface area contributed by atoms with Crippen LogP contribution in [0, 0.1) is 0 Å². The maximum Gasteiger partial charge on any atom is 0.121 e. The van der Waals surface area contributed by atoms with Gasteiger partial charge in [-0.2, -0.15) is 0 Å². The SMILES string of the molecule is CC(O)c1nc2c(s1)CCCC2(C)C. The Morgan fingerprint density at radius 3 is 2.79 bits per heavy atom. The lowest BCUT2D eigenvalue weighted by Gasteiger charge is -2.28. The van der Waals surface area contributed by atoms with Gasteiger partial charge in [-0.25, -0.2) is 4.98 Å². The Balaban J connectivity index is 2.44. The molecule has 0 saturated carbocycles. The molecule has 0 aliphatic heterocycles. The number of nitrogens with zero attached hydrogens (tertiary/aromatic N) is 1. The summed E-state index contributed by atoms with van der Waals surface area (Å²) in [5.74, 6) is 0. The zero-order chi connectivity index (χ0) is 10.3. The first kappa shape index (κ1) is 10.1. The summed E-state index contributed by atoms with van der Waals surface area (Å²) in [6.45, 7) is 6.28. The van der Waals surface area contributed by atoms with Gasteiger partial charge in [0.2, 0.25) is 0 Å². The monoisotopic (exact) mass is 211 g/mol. The van der Waals surface area contributed by atoms with Crippen molar-refractivity contribution in [3.63, 3.8) is 0 Å². The third-order valence-electron chi connectivity index (χ3n) is 2.92. The van der Waals surface area contributed by atoms with E-state index in [1.165, 1.54) is 23.4 Å². The number of aromatic nitrogens is 1. The Hall–Kier alpha value is -0.410. The largest absolute Gasteiger partial charge is 0.386 e. The molecule has 2 nitrogen and oxygen atoms in total. The van der Waals surface area contributed by atoms with E-state index in [0.717, 1.165) is 11.4 Å². The topological polar surface area (TPSA) is 33.1 Å². The third-order valence-corrected chi connectivity index (χ3v) is 4.20. The lowest BCUT2D eigenvalue weighted by atomic mass is 9.79. The summed E-state index contributed by atoms with van der Waals surface area (Å²) in [7, 11) is 0. The molecule has 1 aliphatic carbocycles. The molecular formula is C11H17NOS. The Morgan fingerprint density at radius 1 is 1.50 bits per heavy atom. The number of aryl methyl sites for hydroxylation is 1. The Labute approximate surface area is 89.0 Å². The standard InChI is InChI=1S/C11H17NOS/c1-7(13)10-12-9-8(14-10)5-4-6-11(9,2)3/h7,13H,4-6H2,1-3H3. The molecule has 1 heterocycles. The molecule has 1 aromatic rings. The zero-order valence-corrected chi connectivity index (χ0v) is 9.82. The van der Waals surface area contributed by atoms with Gasteiger partial charge < -0.3 is 5.11 Å². The highest BCUT2D eigenvalue weighted by molar-refractivity contribution is 7.11. The summed E-state index contributed by atoms with van der Waals surface area (Å²) in [6, 6.07) is 0. The second-order valence-electron chi connectivity index (χ2n) is 4.74. The van der Waals surface area contributed by atoms with E-state index >= 15 is 0 Å². The molecule has 3 heteroatoms. The smallest absolute Gasteiger partial charge is 0.121 e. The van der Waals surface area contributed by atoms with Crippen molar-refractivity contribution in [3.05, 3.63) is 15.6 Å². The van der Waals surface area contributed by atoms with Gasteiger partial charge in [-0.15, -0.1) is 11.3 Å². The molecule has 0 spiro atoms. The van der Waals surface area contributed by atoms with Crippen molar-refractivity contribution >= 4 is 11.3 Å². The summed E-state index contributed by atoms with van der Waals surface area (Å²) in [5.41, 5.74) is 1.43. The van der Waals surface area contributed by atoms with Crippen LogP contribution in [0.3, 0.4) is 0 Å². The average Bonchev–Trinajstić information content (AvgIpc) is 2.48. The second kappa shape index (κ2) is 3.31. The fraction of sp³-hybridized carbons (Fsp3) is 0.727. The number of thiazole rings is 1. The molecule has 1 aliphatic rings. The second-order valence-corrected chi connectivity index (χ2v) is 5.85. The number of aliphatic hydroxyl groups is 1. The fourth-order valence-corrected chi connectivity index (χ4v) is 3.28. The van der Waals surface area contributed by atoms with E-state index in [0.29, 0.717) is 0 Å². The van der Waals surface area contributed by atoms with Crippen molar-refractivity contribution < 1.29 is 5.11 Å². The number of rotatable bonds is 1. The molecule has 2 rings (SSSR count). The quantitative estimate of drug-likeness (QED) is 0.775. The zero-order valence-electron chi connectivity index (χ0n) is 9.00. The lowest BCUT2D eigenvalue weighted by Crippen LogP contribution is -2.23. The number of aliphatic hydroxyl groups excluding tert-OH is 1. The first-order chi connectivity index (χ1) is 6.50. The minimum atomic E-state index is -0.415. The van der Waals surface area contributed by atoms with Crippen LogP contribution in [0.15, 0.2) is 0 Å². The van der Waals surface area contributed by atoms with Gasteiger partial charge >= 0.3 is 0 Å². The summed E-state index contributed by atoms with van der Waals surface area (Å²) in [6.07, 6.45) is 3.19. The highest BCUT2D eigenvalue weighted by atomic mass is 32.1. The molecule has 1 N–H and O–H groups in total. The minimum absolute atomic E-state index is 0.206. The van der Waals surface area contributed by atoms with Crippen molar-refractivity contribution in [2.75, 3.05) is 0 Å². The molecule has 0 radical (unpaired) electrons. The minimum Gasteiger partial charge on any atom is -0.386 e. The molecule has 1 atom stereocenters. The predicted octanol–water partition coefficient (Wildman–Crippen LogP) is 2.81. The van der Waals surface area contributed by atoms with Gasteiger partial charge in [0.05, 0.1) is 5.69 Å². The number of hydrogen-bond acceptors (Lipinski definition) is 3. The van der Waals surface area contributed by atoms with Crippen LogP contribution in [-0.2, 0) is 11.8 Å². The van der Waals surface area contributed by atoms with E-state index < -0.39 is 6.10 Å². The maximum atomic E-state index is 9.49. The Kier molecular flexibility index (Phi) is 2.40. The van der Waals surface area contributed by atoms with E-state index in [4.69, 9.17) is 0 Å². The van der Waals surface area contributed by atoms with Gasteiger partial charge in [0.15, 0.2) is 0 Å². The number of fused-ring (bicyclic) bond motifs is 1. The van der Waals surface area contributed by atoms with Crippen LogP contribution < -0.4 is 0 Å². The summed E-state index contributed by atoms with van der Waals surface area (Å²) in [5, 5.41) is 10.4. The molecule has 78 valence electrons. The molecule has 0 saturated heterocycles. The van der Waals surface area contributed by atoms with Gasteiger partial charge in [0, 0.05) is 10.3 Å². The van der Waals surface area contributed by atoms with Gasteiger partial charge in [0.25, 0.3) is 0 Å². The van der Waals surface area contributed by atoms with Crippen LogP contribution >= 0.6 is 11.3 Å². The van der Waals surface area contributed by atoms with Gasteiger partial charge in [-0.3, -0.25) is 0 Å². The van der Waals surface area contributed by atoms with Crippen molar-refractivity contribution in [2.24, 2.45) is 0 Å². The molecular weight excluding hydrogens is 194 g/mol. The third kappa shape index (κ3) is 1.59. The first-order valence-electron chi connectivity index (χ1n) is 5.19. The van der Waals surface area contributed by atoms with Crippen LogP contribution in [0.1, 0.15) is 55.3 Å².